The van der Waals surface area contributed by atoms with Gasteiger partial charge in [-0.25, -0.2) is 4.39 Å². The second kappa shape index (κ2) is 4.60. The fraction of sp³-hybridized carbons (Fsp3) is 0.500. The number of hydrogen-bond acceptors (Lipinski definition) is 2. The fourth-order valence-corrected chi connectivity index (χ4v) is 2.22. The summed E-state index contributed by atoms with van der Waals surface area (Å²) in [4.78, 5) is 2.26. The van der Waals surface area contributed by atoms with Gasteiger partial charge in [-0.15, -0.1) is 0 Å². The van der Waals surface area contributed by atoms with Gasteiger partial charge in [0.1, 0.15) is 5.82 Å². The lowest BCUT2D eigenvalue weighted by molar-refractivity contribution is 0.425. The van der Waals surface area contributed by atoms with Gasteiger partial charge in [-0.3, -0.25) is 0 Å². The molecule has 1 aliphatic heterocycles. The van der Waals surface area contributed by atoms with Gasteiger partial charge in [0.2, 0.25) is 0 Å². The minimum Gasteiger partial charge on any atom is -0.366 e. The Morgan fingerprint density at radius 3 is 2.88 bits per heavy atom. The molecule has 88 valence electrons. The first-order chi connectivity index (χ1) is 7.58. The molecule has 0 radical (unpaired) electrons. The van der Waals surface area contributed by atoms with Gasteiger partial charge in [-0.2, -0.15) is 0 Å². The number of hydrogen-bond donors (Lipinski definition) is 1. The molecule has 0 aliphatic carbocycles. The van der Waals surface area contributed by atoms with E-state index in [1.54, 1.807) is 12.1 Å². The van der Waals surface area contributed by atoms with Crippen LogP contribution in [0.3, 0.4) is 0 Å². The lowest BCUT2D eigenvalue weighted by atomic mass is 10.1. The van der Waals surface area contributed by atoms with Crippen molar-refractivity contribution >= 4 is 17.3 Å². The molecule has 2 rings (SSSR count). The van der Waals surface area contributed by atoms with Crippen LogP contribution in [0.2, 0.25) is 5.02 Å². The van der Waals surface area contributed by atoms with Crippen molar-refractivity contribution in [1.82, 2.24) is 5.32 Å². The van der Waals surface area contributed by atoms with Crippen molar-refractivity contribution in [2.24, 2.45) is 0 Å². The summed E-state index contributed by atoms with van der Waals surface area (Å²) in [6.07, 6.45) is 0. The highest BCUT2D eigenvalue weighted by Crippen LogP contribution is 2.25. The Bertz CT molecular complexity index is 383. The van der Waals surface area contributed by atoms with E-state index in [0.29, 0.717) is 12.1 Å². The standard InChI is InChI=1S/C12H16ClFN2/c1-8-7-16(9(2)6-15-8)10-3-4-12(14)11(13)5-10/h3-5,8-9,15H,6-7H2,1-2H3. The predicted octanol–water partition coefficient (Wildman–Crippen LogP) is 2.67. The van der Waals surface area contributed by atoms with Crippen LogP contribution in [-0.4, -0.2) is 25.2 Å². The SMILES string of the molecule is CC1CN(c2ccc(F)c(Cl)c2)C(C)CN1. The molecular formula is C12H16ClFN2. The van der Waals surface area contributed by atoms with Crippen LogP contribution in [0.5, 0.6) is 0 Å². The summed E-state index contributed by atoms with van der Waals surface area (Å²) in [7, 11) is 0. The average Bonchev–Trinajstić information content (AvgIpc) is 2.26. The van der Waals surface area contributed by atoms with Crippen LogP contribution in [0, 0.1) is 5.82 Å². The van der Waals surface area contributed by atoms with E-state index in [0.717, 1.165) is 18.8 Å². The van der Waals surface area contributed by atoms with E-state index in [1.807, 2.05) is 0 Å². The van der Waals surface area contributed by atoms with E-state index < -0.39 is 0 Å². The second-order valence-electron chi connectivity index (χ2n) is 4.41. The van der Waals surface area contributed by atoms with Crippen molar-refractivity contribution in [1.29, 1.82) is 0 Å². The number of piperazine rings is 1. The third-order valence-corrected chi connectivity index (χ3v) is 3.29. The van der Waals surface area contributed by atoms with E-state index in [9.17, 15) is 4.39 Å². The highest BCUT2D eigenvalue weighted by atomic mass is 35.5. The number of nitrogens with zero attached hydrogens (tertiary/aromatic N) is 1. The van der Waals surface area contributed by atoms with E-state index in [2.05, 4.69) is 24.1 Å². The molecule has 16 heavy (non-hydrogen) atoms. The molecule has 0 aromatic heterocycles. The number of halogens is 2. The van der Waals surface area contributed by atoms with Gasteiger partial charge >= 0.3 is 0 Å². The monoisotopic (exact) mass is 242 g/mol. The maximum atomic E-state index is 13.1. The van der Waals surface area contributed by atoms with Gasteiger partial charge in [0, 0.05) is 30.9 Å². The van der Waals surface area contributed by atoms with E-state index in [-0.39, 0.29) is 10.8 Å². The molecule has 1 heterocycles. The summed E-state index contributed by atoms with van der Waals surface area (Å²) in [5.74, 6) is -0.360. The Balaban J connectivity index is 2.24. The lowest BCUT2D eigenvalue weighted by Crippen LogP contribution is -2.54. The molecule has 1 aliphatic rings. The van der Waals surface area contributed by atoms with Crippen molar-refractivity contribution in [3.8, 4) is 0 Å². The number of rotatable bonds is 1. The minimum absolute atomic E-state index is 0.191. The van der Waals surface area contributed by atoms with Gasteiger partial charge in [-0.05, 0) is 32.0 Å². The van der Waals surface area contributed by atoms with E-state index >= 15 is 0 Å². The highest BCUT2D eigenvalue weighted by Gasteiger charge is 2.22. The molecule has 2 nitrogen and oxygen atoms in total. The van der Waals surface area contributed by atoms with Crippen LogP contribution in [0.25, 0.3) is 0 Å². The van der Waals surface area contributed by atoms with Crippen molar-refractivity contribution in [3.63, 3.8) is 0 Å². The summed E-state index contributed by atoms with van der Waals surface area (Å²) in [6.45, 7) is 6.15. The zero-order chi connectivity index (χ0) is 11.7. The number of benzene rings is 1. The van der Waals surface area contributed by atoms with Crippen molar-refractivity contribution in [2.75, 3.05) is 18.0 Å². The van der Waals surface area contributed by atoms with Gasteiger partial charge in [0.05, 0.1) is 5.02 Å². The highest BCUT2D eigenvalue weighted by molar-refractivity contribution is 6.31. The Morgan fingerprint density at radius 1 is 1.44 bits per heavy atom. The molecule has 1 saturated heterocycles. The van der Waals surface area contributed by atoms with Gasteiger partial charge in [-0.1, -0.05) is 11.6 Å². The second-order valence-corrected chi connectivity index (χ2v) is 4.82. The molecule has 4 heteroatoms. The predicted molar refractivity (Wildman–Crippen MR) is 65.7 cm³/mol. The zero-order valence-corrected chi connectivity index (χ0v) is 10.3. The maximum Gasteiger partial charge on any atom is 0.141 e. The third kappa shape index (κ3) is 2.30. The molecule has 0 amide bonds. The quantitative estimate of drug-likeness (QED) is 0.815. The normalized spacial score (nSPS) is 25.9. The first-order valence-corrected chi connectivity index (χ1v) is 5.91. The Kier molecular flexibility index (Phi) is 3.36. The summed E-state index contributed by atoms with van der Waals surface area (Å²) in [6, 6.07) is 5.76. The van der Waals surface area contributed by atoms with Crippen LogP contribution < -0.4 is 10.2 Å². The van der Waals surface area contributed by atoms with Crippen LogP contribution in [0.1, 0.15) is 13.8 Å². The smallest absolute Gasteiger partial charge is 0.141 e. The van der Waals surface area contributed by atoms with Crippen LogP contribution in [0.15, 0.2) is 18.2 Å². The molecular weight excluding hydrogens is 227 g/mol. The molecule has 2 atom stereocenters. The zero-order valence-electron chi connectivity index (χ0n) is 9.50. The van der Waals surface area contributed by atoms with Crippen LogP contribution >= 0.6 is 11.6 Å². The fourth-order valence-electron chi connectivity index (χ4n) is 2.05. The van der Waals surface area contributed by atoms with Crippen LogP contribution in [-0.2, 0) is 0 Å². The molecule has 1 fully saturated rings. The summed E-state index contributed by atoms with van der Waals surface area (Å²) in [5, 5.41) is 3.60. The molecule has 1 N–H and O–H groups in total. The van der Waals surface area contributed by atoms with E-state index in [4.69, 9.17) is 11.6 Å². The number of nitrogens with one attached hydrogen (secondary N) is 1. The summed E-state index contributed by atoms with van der Waals surface area (Å²) in [5.41, 5.74) is 0.993. The summed E-state index contributed by atoms with van der Waals surface area (Å²) >= 11 is 5.80. The van der Waals surface area contributed by atoms with Crippen molar-refractivity contribution < 1.29 is 4.39 Å². The third-order valence-electron chi connectivity index (χ3n) is 3.00. The van der Waals surface area contributed by atoms with Crippen LogP contribution in [0.4, 0.5) is 10.1 Å². The van der Waals surface area contributed by atoms with Gasteiger partial charge < -0.3 is 10.2 Å². The largest absolute Gasteiger partial charge is 0.366 e. The van der Waals surface area contributed by atoms with Crippen molar-refractivity contribution in [3.05, 3.63) is 29.0 Å². The van der Waals surface area contributed by atoms with Gasteiger partial charge in [0.15, 0.2) is 0 Å². The average molecular weight is 243 g/mol. The number of anilines is 1. The van der Waals surface area contributed by atoms with Gasteiger partial charge in [0.25, 0.3) is 0 Å². The molecule has 0 bridgehead atoms. The lowest BCUT2D eigenvalue weighted by Gasteiger charge is -2.39. The van der Waals surface area contributed by atoms with E-state index in [1.165, 1.54) is 6.07 Å². The molecule has 1 aromatic carbocycles. The maximum absolute atomic E-state index is 13.1. The molecule has 2 unspecified atom stereocenters. The molecule has 0 saturated carbocycles. The topological polar surface area (TPSA) is 15.3 Å². The Labute approximate surface area is 100 Å². The first-order valence-electron chi connectivity index (χ1n) is 5.53. The summed E-state index contributed by atoms with van der Waals surface area (Å²) < 4.78 is 13.1. The molecule has 0 spiro atoms. The van der Waals surface area contributed by atoms with Crippen molar-refractivity contribution in [2.45, 2.75) is 25.9 Å². The molecule has 1 aromatic rings. The Hall–Kier alpha value is -0.800. The Morgan fingerprint density at radius 2 is 2.19 bits per heavy atom. The minimum atomic E-state index is -0.360. The first kappa shape index (κ1) is 11.7.